The number of nitrogens with one attached hydrogen (secondary N) is 2. The van der Waals surface area contributed by atoms with Gasteiger partial charge in [-0.2, -0.15) is 0 Å². The smallest absolute Gasteiger partial charge is 0.315 e. The van der Waals surface area contributed by atoms with Crippen LogP contribution in [0.5, 0.6) is 0 Å². The van der Waals surface area contributed by atoms with Gasteiger partial charge in [0, 0.05) is 24.1 Å². The minimum atomic E-state index is -0.156. The van der Waals surface area contributed by atoms with Crippen molar-refractivity contribution >= 4 is 17.4 Å². The number of carbonyl (C=O) groups is 1. The van der Waals surface area contributed by atoms with Gasteiger partial charge in [0.1, 0.15) is 0 Å². The van der Waals surface area contributed by atoms with Crippen LogP contribution in [-0.4, -0.2) is 48.3 Å². The quantitative estimate of drug-likeness (QED) is 0.721. The van der Waals surface area contributed by atoms with Crippen molar-refractivity contribution in [1.29, 1.82) is 0 Å². The number of likely N-dealkylation sites (tertiary alicyclic amines) is 1. The lowest BCUT2D eigenvalue weighted by atomic mass is 10.2. The fraction of sp³-hybridized carbons (Fsp3) is 0.667. The molecule has 118 valence electrons. The van der Waals surface area contributed by atoms with Crippen LogP contribution in [0, 0.1) is 0 Å². The van der Waals surface area contributed by atoms with Crippen molar-refractivity contribution in [3.63, 3.8) is 0 Å². The van der Waals surface area contributed by atoms with Crippen LogP contribution in [0.2, 0.25) is 0 Å². The fourth-order valence-electron chi connectivity index (χ4n) is 2.67. The van der Waals surface area contributed by atoms with Crippen LogP contribution in [-0.2, 0) is 0 Å². The van der Waals surface area contributed by atoms with E-state index in [2.05, 4.69) is 33.0 Å². The highest BCUT2D eigenvalue weighted by molar-refractivity contribution is 7.10. The zero-order valence-corrected chi connectivity index (χ0v) is 13.4. The summed E-state index contributed by atoms with van der Waals surface area (Å²) in [7, 11) is 0. The Balaban J connectivity index is 1.86. The maximum absolute atomic E-state index is 11.9. The van der Waals surface area contributed by atoms with E-state index in [1.165, 1.54) is 17.7 Å². The largest absolute Gasteiger partial charge is 0.396 e. The molecule has 1 aromatic heterocycles. The van der Waals surface area contributed by atoms with E-state index in [0.29, 0.717) is 13.0 Å². The first-order chi connectivity index (χ1) is 10.2. The van der Waals surface area contributed by atoms with E-state index in [0.717, 1.165) is 13.1 Å². The van der Waals surface area contributed by atoms with E-state index in [4.69, 9.17) is 5.11 Å². The lowest BCUT2D eigenvalue weighted by Gasteiger charge is -2.27. The Morgan fingerprint density at radius 3 is 2.86 bits per heavy atom. The van der Waals surface area contributed by atoms with Crippen molar-refractivity contribution in [2.24, 2.45) is 0 Å². The Bertz CT molecular complexity index is 419. The van der Waals surface area contributed by atoms with Gasteiger partial charge in [-0.1, -0.05) is 6.07 Å². The molecule has 0 radical (unpaired) electrons. The summed E-state index contributed by atoms with van der Waals surface area (Å²) >= 11 is 1.75. The molecular formula is C15H25N3O2S. The molecule has 2 rings (SSSR count). The summed E-state index contributed by atoms with van der Waals surface area (Å²) in [4.78, 5) is 15.7. The first kappa shape index (κ1) is 16.3. The molecule has 5 nitrogen and oxygen atoms in total. The highest BCUT2D eigenvalue weighted by Crippen LogP contribution is 2.27. The number of nitrogens with zero attached hydrogens (tertiary/aromatic N) is 1. The molecule has 1 fully saturated rings. The summed E-state index contributed by atoms with van der Waals surface area (Å²) in [5.74, 6) is 0. The third-order valence-electron chi connectivity index (χ3n) is 3.85. The molecule has 0 spiro atoms. The number of hydrogen-bond acceptors (Lipinski definition) is 4. The van der Waals surface area contributed by atoms with Crippen molar-refractivity contribution < 1.29 is 9.90 Å². The second-order valence-corrected chi connectivity index (χ2v) is 6.52. The Hall–Kier alpha value is -1.11. The molecule has 1 saturated heterocycles. The van der Waals surface area contributed by atoms with E-state index >= 15 is 0 Å². The number of carbonyl (C=O) groups excluding carboxylic acids is 1. The molecule has 0 bridgehead atoms. The van der Waals surface area contributed by atoms with Gasteiger partial charge in [0.2, 0.25) is 0 Å². The fourth-order valence-corrected chi connectivity index (χ4v) is 3.53. The van der Waals surface area contributed by atoms with E-state index in [1.807, 2.05) is 6.92 Å². The van der Waals surface area contributed by atoms with Crippen molar-refractivity contribution in [1.82, 2.24) is 15.5 Å². The maximum atomic E-state index is 11.9. The van der Waals surface area contributed by atoms with Crippen LogP contribution in [0.4, 0.5) is 4.79 Å². The van der Waals surface area contributed by atoms with Crippen LogP contribution >= 0.6 is 11.3 Å². The van der Waals surface area contributed by atoms with Crippen molar-refractivity contribution in [2.45, 2.75) is 38.3 Å². The first-order valence-electron chi connectivity index (χ1n) is 7.63. The van der Waals surface area contributed by atoms with Crippen LogP contribution in [0.15, 0.2) is 17.5 Å². The van der Waals surface area contributed by atoms with Gasteiger partial charge in [-0.05, 0) is 50.7 Å². The van der Waals surface area contributed by atoms with E-state index in [1.54, 1.807) is 11.3 Å². The molecule has 0 aromatic carbocycles. The van der Waals surface area contributed by atoms with Gasteiger partial charge in [0.25, 0.3) is 0 Å². The first-order valence-corrected chi connectivity index (χ1v) is 8.51. The molecule has 0 aliphatic carbocycles. The van der Waals surface area contributed by atoms with Crippen LogP contribution < -0.4 is 10.6 Å². The van der Waals surface area contributed by atoms with Crippen LogP contribution in [0.3, 0.4) is 0 Å². The highest BCUT2D eigenvalue weighted by Gasteiger charge is 2.24. The molecule has 21 heavy (non-hydrogen) atoms. The normalized spacial score (nSPS) is 18.4. The second kappa shape index (κ2) is 8.36. The number of aliphatic hydroxyl groups is 1. The van der Waals surface area contributed by atoms with Crippen LogP contribution in [0.1, 0.15) is 37.1 Å². The van der Waals surface area contributed by atoms with E-state index < -0.39 is 0 Å². The summed E-state index contributed by atoms with van der Waals surface area (Å²) in [6.45, 7) is 4.82. The summed E-state index contributed by atoms with van der Waals surface area (Å²) < 4.78 is 0. The van der Waals surface area contributed by atoms with Gasteiger partial charge in [-0.15, -0.1) is 11.3 Å². The average molecular weight is 311 g/mol. The van der Waals surface area contributed by atoms with Gasteiger partial charge in [-0.3, -0.25) is 4.90 Å². The molecule has 0 saturated carbocycles. The number of amides is 2. The molecule has 2 amide bonds. The van der Waals surface area contributed by atoms with Crippen molar-refractivity contribution in [3.05, 3.63) is 22.4 Å². The number of aliphatic hydroxyl groups excluding tert-OH is 1. The predicted molar refractivity (Wildman–Crippen MR) is 85.6 cm³/mol. The number of thiophene rings is 1. The molecule has 1 aliphatic heterocycles. The summed E-state index contributed by atoms with van der Waals surface area (Å²) in [6.07, 6.45) is 3.05. The summed E-state index contributed by atoms with van der Waals surface area (Å²) in [6, 6.07) is 4.30. The number of rotatable bonds is 7. The molecule has 2 heterocycles. The minimum Gasteiger partial charge on any atom is -0.396 e. The molecular weight excluding hydrogens is 286 g/mol. The van der Waals surface area contributed by atoms with Gasteiger partial charge in [0.05, 0.1) is 6.04 Å². The van der Waals surface area contributed by atoms with Gasteiger partial charge in [-0.25, -0.2) is 4.79 Å². The van der Waals surface area contributed by atoms with Gasteiger partial charge < -0.3 is 15.7 Å². The second-order valence-electron chi connectivity index (χ2n) is 5.54. The standard InChI is InChI=1S/C15H25N3O2S/c1-12(6-9-19)17-15(20)16-11-13(14-5-4-10-21-14)18-7-2-3-8-18/h4-5,10,12-13,19H,2-3,6-9,11H2,1H3,(H2,16,17,20)/t12-,13?/m1/s1. The predicted octanol–water partition coefficient (Wildman–Crippen LogP) is 1.96. The van der Waals surface area contributed by atoms with Crippen molar-refractivity contribution in [2.75, 3.05) is 26.2 Å². The molecule has 3 N–H and O–H groups in total. The lowest BCUT2D eigenvalue weighted by molar-refractivity contribution is 0.216. The lowest BCUT2D eigenvalue weighted by Crippen LogP contribution is -2.44. The number of hydrogen-bond donors (Lipinski definition) is 3. The topological polar surface area (TPSA) is 64.6 Å². The maximum Gasteiger partial charge on any atom is 0.315 e. The van der Waals surface area contributed by atoms with E-state index in [9.17, 15) is 4.79 Å². The Labute approximate surface area is 130 Å². The highest BCUT2D eigenvalue weighted by atomic mass is 32.1. The molecule has 1 aromatic rings. The zero-order chi connectivity index (χ0) is 15.1. The third kappa shape index (κ3) is 4.98. The Kier molecular flexibility index (Phi) is 6.48. The van der Waals surface area contributed by atoms with Gasteiger partial charge in [0.15, 0.2) is 0 Å². The molecule has 6 heteroatoms. The minimum absolute atomic E-state index is 0.0121. The van der Waals surface area contributed by atoms with Crippen LogP contribution in [0.25, 0.3) is 0 Å². The Morgan fingerprint density at radius 1 is 1.48 bits per heavy atom. The average Bonchev–Trinajstić information content (AvgIpc) is 3.12. The summed E-state index contributed by atoms with van der Waals surface area (Å²) in [5, 5.41) is 16.8. The zero-order valence-electron chi connectivity index (χ0n) is 12.5. The molecule has 1 aliphatic rings. The third-order valence-corrected chi connectivity index (χ3v) is 4.82. The van der Waals surface area contributed by atoms with Crippen molar-refractivity contribution in [3.8, 4) is 0 Å². The SMILES string of the molecule is C[C@H](CCO)NC(=O)NCC(c1cccs1)N1CCCC1. The monoisotopic (exact) mass is 311 g/mol. The van der Waals surface area contributed by atoms with Gasteiger partial charge >= 0.3 is 6.03 Å². The summed E-state index contributed by atoms with van der Waals surface area (Å²) in [5.41, 5.74) is 0. The Morgan fingerprint density at radius 2 is 2.24 bits per heavy atom. The molecule has 2 atom stereocenters. The number of urea groups is 1. The molecule has 1 unspecified atom stereocenters. The van der Waals surface area contributed by atoms with E-state index in [-0.39, 0.29) is 24.7 Å².